The lowest BCUT2D eigenvalue weighted by atomic mass is 9.93. The lowest BCUT2D eigenvalue weighted by molar-refractivity contribution is 0.102. The van der Waals surface area contributed by atoms with Gasteiger partial charge in [-0.25, -0.2) is 13.1 Å². The minimum absolute atomic E-state index is 0.0609. The molecular formula is C30H38N4O5S. The van der Waals surface area contributed by atoms with Crippen molar-refractivity contribution in [1.82, 2.24) is 4.72 Å². The van der Waals surface area contributed by atoms with Gasteiger partial charge in [0.1, 0.15) is 5.75 Å². The Labute approximate surface area is 235 Å². The Hall–Kier alpha value is -2.82. The summed E-state index contributed by atoms with van der Waals surface area (Å²) in [5.41, 5.74) is 4.95. The number of nitrogens with one attached hydrogen (secondary N) is 2. The van der Waals surface area contributed by atoms with Crippen LogP contribution in [0.3, 0.4) is 0 Å². The van der Waals surface area contributed by atoms with Crippen LogP contribution < -0.4 is 24.6 Å². The summed E-state index contributed by atoms with van der Waals surface area (Å²) in [6.07, 6.45) is 9.25. The predicted octanol–water partition coefficient (Wildman–Crippen LogP) is 3.52. The molecule has 0 unspecified atom stereocenters. The molecule has 40 heavy (non-hydrogen) atoms. The molecule has 1 amide bonds. The molecular weight excluding hydrogens is 528 g/mol. The number of benzene rings is 2. The van der Waals surface area contributed by atoms with Gasteiger partial charge in [0.05, 0.1) is 35.0 Å². The first-order chi connectivity index (χ1) is 19.3. The van der Waals surface area contributed by atoms with E-state index in [0.717, 1.165) is 68.1 Å². The highest BCUT2D eigenvalue weighted by Crippen LogP contribution is 2.55. The number of piperidine rings is 1. The molecule has 2 aliphatic carbocycles. The highest BCUT2D eigenvalue weighted by atomic mass is 32.2. The van der Waals surface area contributed by atoms with E-state index in [1.54, 1.807) is 12.1 Å². The van der Waals surface area contributed by atoms with E-state index in [0.29, 0.717) is 28.7 Å². The van der Waals surface area contributed by atoms with Gasteiger partial charge in [0.15, 0.2) is 0 Å². The van der Waals surface area contributed by atoms with Crippen LogP contribution in [-0.4, -0.2) is 65.4 Å². The third kappa shape index (κ3) is 4.84. The number of amides is 1. The first-order valence-electron chi connectivity index (χ1n) is 14.6. The topological polar surface area (TPSA) is 111 Å². The average molecular weight is 567 g/mol. The van der Waals surface area contributed by atoms with Gasteiger partial charge < -0.3 is 25.0 Å². The van der Waals surface area contributed by atoms with E-state index in [9.17, 15) is 13.2 Å². The van der Waals surface area contributed by atoms with Gasteiger partial charge in [0.2, 0.25) is 10.0 Å². The van der Waals surface area contributed by atoms with Crippen molar-refractivity contribution >= 4 is 33.0 Å². The number of nitrogens with zero attached hydrogens (tertiary/aromatic N) is 2. The summed E-state index contributed by atoms with van der Waals surface area (Å²) < 4.78 is 34.2. The molecule has 5 aliphatic rings. The lowest BCUT2D eigenvalue weighted by Gasteiger charge is -2.35. The van der Waals surface area contributed by atoms with Crippen LogP contribution >= 0.6 is 0 Å². The van der Waals surface area contributed by atoms with E-state index in [2.05, 4.69) is 19.8 Å². The molecule has 214 valence electrons. The summed E-state index contributed by atoms with van der Waals surface area (Å²) in [5, 5.41) is 12.3. The van der Waals surface area contributed by atoms with Gasteiger partial charge in [-0.3, -0.25) is 4.79 Å². The fourth-order valence-corrected chi connectivity index (χ4v) is 7.85. The number of aliphatic hydroxyl groups is 1. The van der Waals surface area contributed by atoms with E-state index in [4.69, 9.17) is 9.84 Å². The van der Waals surface area contributed by atoms with Gasteiger partial charge in [-0.1, -0.05) is 0 Å². The molecule has 3 N–H and O–H groups in total. The maximum atomic E-state index is 13.8. The highest BCUT2D eigenvalue weighted by molar-refractivity contribution is 7.89. The second-order valence-corrected chi connectivity index (χ2v) is 14.3. The molecule has 0 atom stereocenters. The zero-order valence-electron chi connectivity index (χ0n) is 22.9. The van der Waals surface area contributed by atoms with Crippen LogP contribution in [0.2, 0.25) is 0 Å². The molecule has 2 saturated carbocycles. The van der Waals surface area contributed by atoms with Crippen molar-refractivity contribution in [3.05, 3.63) is 41.5 Å². The molecule has 2 aromatic rings. The van der Waals surface area contributed by atoms with Crippen molar-refractivity contribution < 1.29 is 23.1 Å². The smallest absolute Gasteiger partial charge is 0.257 e. The van der Waals surface area contributed by atoms with E-state index >= 15 is 0 Å². The minimum Gasteiger partial charge on any atom is -0.491 e. The van der Waals surface area contributed by atoms with Crippen LogP contribution in [0, 0.1) is 10.8 Å². The summed E-state index contributed by atoms with van der Waals surface area (Å²) in [5.74, 6) is 0.697. The maximum absolute atomic E-state index is 13.8. The average Bonchev–Trinajstić information content (AvgIpc) is 3.78. The lowest BCUT2D eigenvalue weighted by Crippen LogP contribution is -2.36. The van der Waals surface area contributed by atoms with Gasteiger partial charge in [-0.15, -0.1) is 0 Å². The molecule has 10 heteroatoms. The first-order valence-corrected chi connectivity index (χ1v) is 16.1. The molecule has 2 spiro atoms. The molecule has 0 radical (unpaired) electrons. The second-order valence-electron chi connectivity index (χ2n) is 12.5. The van der Waals surface area contributed by atoms with E-state index in [-0.39, 0.29) is 24.0 Å². The number of sulfonamides is 1. The molecule has 2 saturated heterocycles. The summed E-state index contributed by atoms with van der Waals surface area (Å²) in [6, 6.07) is 8.77. The number of hydrogen-bond donors (Lipinski definition) is 3. The summed E-state index contributed by atoms with van der Waals surface area (Å²) >= 11 is 0. The van der Waals surface area contributed by atoms with Gasteiger partial charge >= 0.3 is 0 Å². The zero-order chi connectivity index (χ0) is 27.5. The molecule has 0 aromatic heterocycles. The van der Waals surface area contributed by atoms with Crippen LogP contribution in [-0.2, 0) is 16.4 Å². The standard InChI is InChI=1S/C30H38N4O5S/c35-15-11-31-40(37,38)23-1-2-24(25(19-23)33-12-8-29(4-5-29)9-13-33)28(36)32-22-17-21-3-16-39-27(21)26(18-22)34-14-10-30(20-34)6-7-30/h1-2,17-19,31,35H,3-16,20H2,(H,32,36). The number of ether oxygens (including phenoxy) is 1. The Morgan fingerprint density at radius 1 is 0.925 bits per heavy atom. The number of hydrogen-bond acceptors (Lipinski definition) is 7. The fourth-order valence-electron chi connectivity index (χ4n) is 6.81. The van der Waals surface area contributed by atoms with Crippen molar-refractivity contribution in [3.8, 4) is 5.75 Å². The number of carbonyl (C=O) groups is 1. The molecule has 7 rings (SSSR count). The summed E-state index contributed by atoms with van der Waals surface area (Å²) in [7, 11) is -3.81. The van der Waals surface area contributed by atoms with Crippen LogP contribution in [0.5, 0.6) is 5.75 Å². The van der Waals surface area contributed by atoms with Crippen LogP contribution in [0.4, 0.5) is 17.1 Å². The monoisotopic (exact) mass is 566 g/mol. The normalized spacial score (nSPS) is 21.9. The quantitative estimate of drug-likeness (QED) is 0.449. The van der Waals surface area contributed by atoms with Gasteiger partial charge in [0.25, 0.3) is 5.91 Å². The van der Waals surface area contributed by atoms with Crippen molar-refractivity contribution in [2.75, 3.05) is 61.1 Å². The van der Waals surface area contributed by atoms with E-state index < -0.39 is 10.0 Å². The number of carbonyl (C=O) groups excluding carboxylic acids is 1. The van der Waals surface area contributed by atoms with E-state index in [1.165, 1.54) is 38.2 Å². The van der Waals surface area contributed by atoms with Crippen molar-refractivity contribution in [2.24, 2.45) is 10.8 Å². The molecule has 0 bridgehead atoms. The minimum atomic E-state index is -3.81. The number of rotatable bonds is 8. The Morgan fingerprint density at radius 2 is 1.65 bits per heavy atom. The predicted molar refractivity (Wildman–Crippen MR) is 154 cm³/mol. The highest BCUT2D eigenvalue weighted by Gasteiger charge is 2.48. The molecule has 3 aliphatic heterocycles. The van der Waals surface area contributed by atoms with Gasteiger partial charge in [-0.05, 0) is 86.1 Å². The van der Waals surface area contributed by atoms with Crippen molar-refractivity contribution in [1.29, 1.82) is 0 Å². The van der Waals surface area contributed by atoms with E-state index in [1.807, 2.05) is 12.1 Å². The zero-order valence-corrected chi connectivity index (χ0v) is 23.7. The fraction of sp³-hybridized carbons (Fsp3) is 0.567. The molecule has 9 nitrogen and oxygen atoms in total. The largest absolute Gasteiger partial charge is 0.491 e. The van der Waals surface area contributed by atoms with Crippen LogP contribution in [0.15, 0.2) is 35.2 Å². The van der Waals surface area contributed by atoms with Crippen LogP contribution in [0.25, 0.3) is 0 Å². The molecule has 2 aromatic carbocycles. The SMILES string of the molecule is O=C(Nc1cc2c(c(N3CCC4(CC4)C3)c1)OCC2)c1ccc(S(=O)(=O)NCCO)cc1N1CCC2(CC1)CC2. The molecule has 3 heterocycles. The third-order valence-electron chi connectivity index (χ3n) is 9.81. The van der Waals surface area contributed by atoms with Crippen molar-refractivity contribution in [3.63, 3.8) is 0 Å². The summed E-state index contributed by atoms with van der Waals surface area (Å²) in [4.78, 5) is 18.5. The first kappa shape index (κ1) is 26.1. The number of anilines is 3. The third-order valence-corrected chi connectivity index (χ3v) is 11.3. The van der Waals surface area contributed by atoms with Gasteiger partial charge in [0, 0.05) is 50.4 Å². The van der Waals surface area contributed by atoms with Crippen LogP contribution in [0.1, 0.15) is 60.9 Å². The van der Waals surface area contributed by atoms with Crippen molar-refractivity contribution in [2.45, 2.75) is 56.3 Å². The Balaban J connectivity index is 1.19. The summed E-state index contributed by atoms with van der Waals surface area (Å²) in [6.45, 7) is 3.95. The Morgan fingerprint density at radius 3 is 2.35 bits per heavy atom. The maximum Gasteiger partial charge on any atom is 0.257 e. The Kier molecular flexibility index (Phi) is 6.29. The number of aliphatic hydroxyl groups excluding tert-OH is 1. The number of fused-ring (bicyclic) bond motifs is 1. The van der Waals surface area contributed by atoms with Gasteiger partial charge in [-0.2, -0.15) is 0 Å². The second kappa shape index (κ2) is 9.63. The molecule has 4 fully saturated rings. The Bertz CT molecular complexity index is 1440.